The van der Waals surface area contributed by atoms with Gasteiger partial charge in [-0.1, -0.05) is 0 Å². The number of rotatable bonds is 3. The molecule has 0 amide bonds. The van der Waals surface area contributed by atoms with Gasteiger partial charge in [0, 0.05) is 21.3 Å². The maximum absolute atomic E-state index is 11.9. The molecule has 2 aliphatic heterocycles. The topological polar surface area (TPSA) is 63.2 Å². The van der Waals surface area contributed by atoms with E-state index < -0.39 is 17.7 Å². The summed E-state index contributed by atoms with van der Waals surface area (Å²) in [5, 5.41) is 0. The third-order valence-electron chi connectivity index (χ3n) is 2.69. The largest absolute Gasteiger partial charge is 0.343 e. The number of carbonyl (C=O) groups excluding carboxylic acids is 1. The second-order valence-corrected chi connectivity index (χ2v) is 3.22. The van der Waals surface area contributed by atoms with Crippen LogP contribution in [0.4, 0.5) is 0 Å². The first kappa shape index (κ1) is 10.7. The SMILES string of the molecule is COC1(OC)C(=O)[C@@H]2C=C[C@@]1(OC)OO2. The summed E-state index contributed by atoms with van der Waals surface area (Å²) in [4.78, 5) is 21.8. The van der Waals surface area contributed by atoms with Gasteiger partial charge < -0.3 is 14.2 Å². The monoisotopic (exact) mass is 216 g/mol. The van der Waals surface area contributed by atoms with Crippen molar-refractivity contribution >= 4 is 5.78 Å². The van der Waals surface area contributed by atoms with Gasteiger partial charge in [0.1, 0.15) is 0 Å². The number of methoxy groups -OCH3 is 3. The Kier molecular flexibility index (Phi) is 2.40. The van der Waals surface area contributed by atoms with E-state index in [4.69, 9.17) is 24.0 Å². The van der Waals surface area contributed by atoms with Crippen molar-refractivity contribution in [3.63, 3.8) is 0 Å². The average Bonchev–Trinajstić information content (AvgIpc) is 2.31. The van der Waals surface area contributed by atoms with E-state index in [1.165, 1.54) is 21.3 Å². The highest BCUT2D eigenvalue weighted by Gasteiger charge is 2.67. The third kappa shape index (κ3) is 1.08. The fourth-order valence-electron chi connectivity index (χ4n) is 1.86. The summed E-state index contributed by atoms with van der Waals surface area (Å²) >= 11 is 0. The Morgan fingerprint density at radius 2 is 1.93 bits per heavy atom. The molecule has 0 saturated carbocycles. The number of ether oxygens (including phenoxy) is 3. The van der Waals surface area contributed by atoms with Gasteiger partial charge >= 0.3 is 0 Å². The minimum Gasteiger partial charge on any atom is -0.343 e. The Labute approximate surface area is 86.6 Å². The van der Waals surface area contributed by atoms with Crippen molar-refractivity contribution in [3.05, 3.63) is 12.2 Å². The lowest BCUT2D eigenvalue weighted by Crippen LogP contribution is -2.71. The predicted molar refractivity (Wildman–Crippen MR) is 46.6 cm³/mol. The molecular formula is C9H12O6. The smallest absolute Gasteiger partial charge is 0.294 e. The maximum atomic E-state index is 11.9. The van der Waals surface area contributed by atoms with Gasteiger partial charge in [-0.3, -0.25) is 4.79 Å². The molecule has 0 unspecified atom stereocenters. The number of fused-ring (bicyclic) bond motifs is 2. The molecule has 3 aliphatic rings. The molecule has 6 heteroatoms. The van der Waals surface area contributed by atoms with Crippen LogP contribution in [0.15, 0.2) is 12.2 Å². The lowest BCUT2D eigenvalue weighted by atomic mass is 9.89. The van der Waals surface area contributed by atoms with Crippen molar-refractivity contribution in [3.8, 4) is 0 Å². The molecule has 0 N–H and O–H groups in total. The van der Waals surface area contributed by atoms with Gasteiger partial charge in [0.25, 0.3) is 11.6 Å². The highest BCUT2D eigenvalue weighted by atomic mass is 17.2. The summed E-state index contributed by atoms with van der Waals surface area (Å²) < 4.78 is 15.4. The molecule has 0 spiro atoms. The zero-order chi connectivity index (χ0) is 11.1. The van der Waals surface area contributed by atoms with Crippen molar-refractivity contribution in [2.45, 2.75) is 17.7 Å². The second kappa shape index (κ2) is 3.36. The molecule has 0 aromatic heterocycles. The molecule has 0 aromatic rings. The van der Waals surface area contributed by atoms with E-state index in [2.05, 4.69) is 0 Å². The fraction of sp³-hybridized carbons (Fsp3) is 0.667. The third-order valence-corrected chi connectivity index (χ3v) is 2.69. The zero-order valence-electron chi connectivity index (χ0n) is 8.68. The van der Waals surface area contributed by atoms with Crippen molar-refractivity contribution in [1.29, 1.82) is 0 Å². The van der Waals surface area contributed by atoms with E-state index in [9.17, 15) is 4.79 Å². The first-order chi connectivity index (χ1) is 7.15. The van der Waals surface area contributed by atoms with Crippen LogP contribution in [0, 0.1) is 0 Å². The summed E-state index contributed by atoms with van der Waals surface area (Å²) in [6.07, 6.45) is 2.28. The Morgan fingerprint density at radius 1 is 1.27 bits per heavy atom. The van der Waals surface area contributed by atoms with Gasteiger partial charge in [0.2, 0.25) is 5.78 Å². The van der Waals surface area contributed by atoms with Crippen LogP contribution >= 0.6 is 0 Å². The van der Waals surface area contributed by atoms with Gasteiger partial charge in [-0.05, 0) is 12.2 Å². The molecule has 1 saturated heterocycles. The number of Topliss-reactive ketones (excluding diaryl/α,β-unsaturated/α-hetero) is 1. The summed E-state index contributed by atoms with van der Waals surface area (Å²) in [7, 11) is 4.07. The van der Waals surface area contributed by atoms with Crippen LogP contribution in [0.2, 0.25) is 0 Å². The van der Waals surface area contributed by atoms with Crippen molar-refractivity contribution < 1.29 is 28.8 Å². The predicted octanol–water partition coefficient (Wildman–Crippen LogP) is -0.213. The molecule has 84 valence electrons. The first-order valence-electron chi connectivity index (χ1n) is 4.39. The summed E-state index contributed by atoms with van der Waals surface area (Å²) in [6.45, 7) is 0. The summed E-state index contributed by atoms with van der Waals surface area (Å²) in [5.41, 5.74) is 0. The van der Waals surface area contributed by atoms with Gasteiger partial charge in [0.05, 0.1) is 0 Å². The van der Waals surface area contributed by atoms with E-state index in [0.29, 0.717) is 0 Å². The average molecular weight is 216 g/mol. The van der Waals surface area contributed by atoms with Crippen LogP contribution in [-0.4, -0.2) is 44.8 Å². The van der Waals surface area contributed by atoms with E-state index >= 15 is 0 Å². The van der Waals surface area contributed by atoms with E-state index in [1.807, 2.05) is 0 Å². The molecular weight excluding hydrogens is 204 g/mol. The summed E-state index contributed by atoms with van der Waals surface area (Å²) in [6, 6.07) is 0. The van der Waals surface area contributed by atoms with Crippen LogP contribution in [0.5, 0.6) is 0 Å². The van der Waals surface area contributed by atoms with Crippen LogP contribution < -0.4 is 0 Å². The quantitative estimate of drug-likeness (QED) is 0.369. The molecule has 1 fully saturated rings. The molecule has 3 rings (SSSR count). The van der Waals surface area contributed by atoms with Crippen molar-refractivity contribution in [1.82, 2.24) is 0 Å². The lowest BCUT2D eigenvalue weighted by molar-refractivity contribution is -0.498. The molecule has 2 atom stereocenters. The Hall–Kier alpha value is -0.790. The molecule has 1 aliphatic carbocycles. The zero-order valence-corrected chi connectivity index (χ0v) is 8.68. The molecule has 6 nitrogen and oxygen atoms in total. The van der Waals surface area contributed by atoms with Crippen LogP contribution in [-0.2, 0) is 28.8 Å². The summed E-state index contributed by atoms with van der Waals surface area (Å²) in [5.74, 6) is -3.48. The van der Waals surface area contributed by atoms with E-state index in [0.717, 1.165) is 0 Å². The Bertz CT molecular complexity index is 308. The van der Waals surface area contributed by atoms with Gasteiger partial charge in [0.15, 0.2) is 6.10 Å². The van der Waals surface area contributed by atoms with Crippen molar-refractivity contribution in [2.75, 3.05) is 21.3 Å². The first-order valence-corrected chi connectivity index (χ1v) is 4.39. The highest BCUT2D eigenvalue weighted by Crippen LogP contribution is 2.42. The fourth-order valence-corrected chi connectivity index (χ4v) is 1.86. The van der Waals surface area contributed by atoms with Gasteiger partial charge in [-0.25, -0.2) is 4.89 Å². The molecule has 0 radical (unpaired) electrons. The minimum absolute atomic E-state index is 0.386. The number of carbonyl (C=O) groups is 1. The standard InChI is InChI=1S/C9H12O6/c1-11-8-5-4-6(14-15-8)7(10)9(8,12-2)13-3/h4-6H,1-3H3/t6-,8+/m0/s1. The van der Waals surface area contributed by atoms with E-state index in [1.54, 1.807) is 12.2 Å². The Balaban J connectivity index is 2.53. The van der Waals surface area contributed by atoms with Crippen LogP contribution in [0.1, 0.15) is 0 Å². The van der Waals surface area contributed by atoms with Gasteiger partial charge in [-0.15, -0.1) is 0 Å². The molecule has 15 heavy (non-hydrogen) atoms. The maximum Gasteiger partial charge on any atom is 0.294 e. The van der Waals surface area contributed by atoms with Gasteiger partial charge in [-0.2, -0.15) is 4.89 Å². The Morgan fingerprint density at radius 3 is 2.27 bits per heavy atom. The molecule has 2 bridgehead atoms. The van der Waals surface area contributed by atoms with Crippen LogP contribution in [0.3, 0.4) is 0 Å². The van der Waals surface area contributed by atoms with Crippen molar-refractivity contribution in [2.24, 2.45) is 0 Å². The normalized spacial score (nSPS) is 37.3. The minimum atomic E-state index is -1.61. The van der Waals surface area contributed by atoms with E-state index in [-0.39, 0.29) is 5.78 Å². The second-order valence-electron chi connectivity index (χ2n) is 3.22. The molecule has 2 heterocycles. The number of hydrogen-bond acceptors (Lipinski definition) is 6. The lowest BCUT2D eigenvalue weighted by Gasteiger charge is -2.49. The number of ketones is 1. The highest BCUT2D eigenvalue weighted by molar-refractivity contribution is 5.94. The number of hydrogen-bond donors (Lipinski definition) is 0. The molecule has 0 aromatic carbocycles. The van der Waals surface area contributed by atoms with Crippen LogP contribution in [0.25, 0.3) is 0 Å².